The molecule has 0 saturated heterocycles. The van der Waals surface area contributed by atoms with Gasteiger partial charge < -0.3 is 10.1 Å². The lowest BCUT2D eigenvalue weighted by Gasteiger charge is -2.18. The van der Waals surface area contributed by atoms with Crippen LogP contribution in [0.2, 0.25) is 0 Å². The summed E-state index contributed by atoms with van der Waals surface area (Å²) in [7, 11) is 1.68. The summed E-state index contributed by atoms with van der Waals surface area (Å²) in [6, 6.07) is 9.82. The molecule has 0 amide bonds. The molecule has 1 heterocycles. The van der Waals surface area contributed by atoms with Crippen molar-refractivity contribution in [3.8, 4) is 5.75 Å². The number of para-hydroxylation sites is 1. The van der Waals surface area contributed by atoms with Crippen LogP contribution >= 0.6 is 15.9 Å². The number of hydrogen-bond acceptors (Lipinski definition) is 4. The molecule has 0 radical (unpaired) electrons. The van der Waals surface area contributed by atoms with Gasteiger partial charge in [-0.3, -0.25) is 0 Å². The molecular weight excluding hydrogens is 330 g/mol. The van der Waals surface area contributed by atoms with Crippen LogP contribution in [0.5, 0.6) is 5.75 Å². The van der Waals surface area contributed by atoms with Crippen molar-refractivity contribution in [2.24, 2.45) is 0 Å². The highest BCUT2D eigenvalue weighted by atomic mass is 79.9. The highest BCUT2D eigenvalue weighted by Crippen LogP contribution is 2.23. The number of methoxy groups -OCH3 is 1. The molecule has 0 aliphatic carbocycles. The maximum Gasteiger partial charge on any atom is 0.137 e. The minimum Gasteiger partial charge on any atom is -0.496 e. The molecule has 0 atom stereocenters. The lowest BCUT2D eigenvalue weighted by atomic mass is 9.96. The summed E-state index contributed by atoms with van der Waals surface area (Å²) in [5, 5.41) is 3.33. The number of nitrogens with one attached hydrogen (secondary N) is 1. The van der Waals surface area contributed by atoms with Gasteiger partial charge in [-0.1, -0.05) is 39.0 Å². The minimum atomic E-state index is -0.0926. The van der Waals surface area contributed by atoms with Crippen LogP contribution < -0.4 is 10.1 Å². The van der Waals surface area contributed by atoms with E-state index in [-0.39, 0.29) is 5.41 Å². The number of hydrogen-bond donors (Lipinski definition) is 1. The minimum absolute atomic E-state index is 0.0926. The number of rotatable bonds is 4. The molecule has 2 rings (SSSR count). The van der Waals surface area contributed by atoms with Gasteiger partial charge in [0.25, 0.3) is 0 Å². The van der Waals surface area contributed by atoms with E-state index < -0.39 is 0 Å². The average molecular weight is 350 g/mol. The third-order valence-corrected chi connectivity index (χ3v) is 3.42. The number of nitrogens with zero attached hydrogens (tertiary/aromatic N) is 2. The summed E-state index contributed by atoms with van der Waals surface area (Å²) in [5.74, 6) is 2.47. The third-order valence-electron chi connectivity index (χ3n) is 3.02. The molecule has 5 heteroatoms. The molecule has 0 aliphatic rings. The monoisotopic (exact) mass is 349 g/mol. The molecule has 0 fully saturated rings. The van der Waals surface area contributed by atoms with E-state index in [4.69, 9.17) is 4.74 Å². The molecule has 1 aromatic carbocycles. The number of anilines is 1. The first-order chi connectivity index (χ1) is 9.90. The highest BCUT2D eigenvalue weighted by Gasteiger charge is 2.18. The quantitative estimate of drug-likeness (QED) is 0.842. The molecule has 0 spiro atoms. The molecule has 0 bridgehead atoms. The van der Waals surface area contributed by atoms with Gasteiger partial charge in [0.2, 0.25) is 0 Å². The highest BCUT2D eigenvalue weighted by molar-refractivity contribution is 9.10. The second-order valence-electron chi connectivity index (χ2n) is 5.81. The van der Waals surface area contributed by atoms with Crippen LogP contribution in [-0.4, -0.2) is 17.1 Å². The summed E-state index contributed by atoms with van der Waals surface area (Å²) in [6.45, 7) is 6.94. The second kappa shape index (κ2) is 6.43. The molecule has 1 N–H and O–H groups in total. The van der Waals surface area contributed by atoms with Crippen molar-refractivity contribution in [2.75, 3.05) is 12.4 Å². The third kappa shape index (κ3) is 4.17. The van der Waals surface area contributed by atoms with E-state index in [1.54, 1.807) is 7.11 Å². The molecule has 0 unspecified atom stereocenters. The van der Waals surface area contributed by atoms with Gasteiger partial charge in [-0.05, 0) is 22.0 Å². The van der Waals surface area contributed by atoms with Crippen LogP contribution in [0.4, 0.5) is 5.82 Å². The summed E-state index contributed by atoms with van der Waals surface area (Å²) in [4.78, 5) is 9.02. The number of benzene rings is 1. The van der Waals surface area contributed by atoms with Crippen LogP contribution in [0.1, 0.15) is 32.2 Å². The summed E-state index contributed by atoms with van der Waals surface area (Å²) < 4.78 is 6.14. The van der Waals surface area contributed by atoms with Gasteiger partial charge in [-0.15, -0.1) is 0 Å². The number of aromatic nitrogens is 2. The number of halogens is 1. The van der Waals surface area contributed by atoms with Gasteiger partial charge in [0, 0.05) is 23.6 Å². The predicted octanol–water partition coefficient (Wildman–Crippen LogP) is 4.16. The van der Waals surface area contributed by atoms with Crippen molar-refractivity contribution in [3.05, 3.63) is 46.3 Å². The van der Waals surface area contributed by atoms with Crippen LogP contribution in [0, 0.1) is 0 Å². The molecule has 112 valence electrons. The maximum absolute atomic E-state index is 5.35. The smallest absolute Gasteiger partial charge is 0.137 e. The van der Waals surface area contributed by atoms with Crippen LogP contribution in [0.25, 0.3) is 0 Å². The van der Waals surface area contributed by atoms with Crippen molar-refractivity contribution >= 4 is 21.7 Å². The molecule has 2 aromatic rings. The topological polar surface area (TPSA) is 47.0 Å². The van der Waals surface area contributed by atoms with Gasteiger partial charge in [-0.2, -0.15) is 0 Å². The fourth-order valence-corrected chi connectivity index (χ4v) is 2.26. The van der Waals surface area contributed by atoms with Crippen molar-refractivity contribution in [3.63, 3.8) is 0 Å². The molecule has 21 heavy (non-hydrogen) atoms. The van der Waals surface area contributed by atoms with E-state index in [1.807, 2.05) is 30.3 Å². The molecular formula is C16H20BrN3O. The van der Waals surface area contributed by atoms with Crippen LogP contribution in [0.3, 0.4) is 0 Å². The van der Waals surface area contributed by atoms with Crippen molar-refractivity contribution in [1.82, 2.24) is 9.97 Å². The zero-order valence-electron chi connectivity index (χ0n) is 12.8. The zero-order chi connectivity index (χ0) is 15.5. The Hall–Kier alpha value is -1.62. The predicted molar refractivity (Wildman–Crippen MR) is 88.8 cm³/mol. The van der Waals surface area contributed by atoms with Gasteiger partial charge in [0.05, 0.1) is 7.11 Å². The Morgan fingerprint density at radius 2 is 1.90 bits per heavy atom. The Labute approximate surface area is 134 Å². The van der Waals surface area contributed by atoms with Crippen molar-refractivity contribution in [2.45, 2.75) is 32.7 Å². The normalized spacial score (nSPS) is 11.3. The fraction of sp³-hybridized carbons (Fsp3) is 0.375. The van der Waals surface area contributed by atoms with E-state index in [2.05, 4.69) is 52.0 Å². The summed E-state index contributed by atoms with van der Waals surface area (Å²) in [5.41, 5.74) is 0.997. The van der Waals surface area contributed by atoms with Gasteiger partial charge in [-0.25, -0.2) is 9.97 Å². The lowest BCUT2D eigenvalue weighted by molar-refractivity contribution is 0.410. The van der Waals surface area contributed by atoms with Crippen LogP contribution in [-0.2, 0) is 12.0 Å². The first-order valence-corrected chi connectivity index (χ1v) is 7.60. The Bertz CT molecular complexity index is 623. The van der Waals surface area contributed by atoms with E-state index in [0.29, 0.717) is 6.54 Å². The van der Waals surface area contributed by atoms with Crippen molar-refractivity contribution < 1.29 is 4.74 Å². The van der Waals surface area contributed by atoms with Crippen molar-refractivity contribution in [1.29, 1.82) is 0 Å². The SMILES string of the molecule is COc1ccccc1CNc1cc(Br)nc(C(C)(C)C)n1. The fourth-order valence-electron chi connectivity index (χ4n) is 1.88. The lowest BCUT2D eigenvalue weighted by Crippen LogP contribution is -2.17. The number of ether oxygens (including phenoxy) is 1. The van der Waals surface area contributed by atoms with Gasteiger partial charge in [0.1, 0.15) is 22.0 Å². The Balaban J connectivity index is 2.19. The average Bonchev–Trinajstić information content (AvgIpc) is 2.44. The van der Waals surface area contributed by atoms with E-state index in [0.717, 1.165) is 27.6 Å². The second-order valence-corrected chi connectivity index (χ2v) is 6.63. The van der Waals surface area contributed by atoms with E-state index in [1.165, 1.54) is 0 Å². The molecule has 0 aliphatic heterocycles. The van der Waals surface area contributed by atoms with Crippen LogP contribution in [0.15, 0.2) is 34.9 Å². The Morgan fingerprint density at radius 3 is 2.57 bits per heavy atom. The first kappa shape index (κ1) is 15.8. The van der Waals surface area contributed by atoms with E-state index >= 15 is 0 Å². The standard InChI is InChI=1S/C16H20BrN3O/c1-16(2,3)15-19-13(17)9-14(20-15)18-10-11-7-5-6-8-12(11)21-4/h5-9H,10H2,1-4H3,(H,18,19,20). The summed E-state index contributed by atoms with van der Waals surface area (Å²) in [6.07, 6.45) is 0. The first-order valence-electron chi connectivity index (χ1n) is 6.81. The zero-order valence-corrected chi connectivity index (χ0v) is 14.4. The maximum atomic E-state index is 5.35. The summed E-state index contributed by atoms with van der Waals surface area (Å²) >= 11 is 3.44. The Kier molecular flexibility index (Phi) is 4.83. The molecule has 0 saturated carbocycles. The van der Waals surface area contributed by atoms with E-state index in [9.17, 15) is 0 Å². The van der Waals surface area contributed by atoms with Gasteiger partial charge in [0.15, 0.2) is 0 Å². The van der Waals surface area contributed by atoms with Gasteiger partial charge >= 0.3 is 0 Å². The molecule has 4 nitrogen and oxygen atoms in total. The molecule has 1 aromatic heterocycles. The Morgan fingerprint density at radius 1 is 1.19 bits per heavy atom. The largest absolute Gasteiger partial charge is 0.496 e.